The van der Waals surface area contributed by atoms with E-state index in [4.69, 9.17) is 11.6 Å². The van der Waals surface area contributed by atoms with Crippen LogP contribution in [0.25, 0.3) is 0 Å². The summed E-state index contributed by atoms with van der Waals surface area (Å²) < 4.78 is 29.1. The number of nitrogens with one attached hydrogen (secondary N) is 1. The number of amides is 2. The number of nitrogens with zero attached hydrogens (tertiary/aromatic N) is 2. The molecule has 9 heteroatoms. The largest absolute Gasteiger partial charge is 0.357 e. The van der Waals surface area contributed by atoms with E-state index in [-0.39, 0.29) is 23.8 Å². The zero-order valence-corrected chi connectivity index (χ0v) is 25.4. The van der Waals surface area contributed by atoms with Crippen molar-refractivity contribution in [2.75, 3.05) is 17.9 Å². The number of hydrogen-bond donors (Lipinski definition) is 1. The Balaban J connectivity index is 1.80. The third kappa shape index (κ3) is 7.38. The summed E-state index contributed by atoms with van der Waals surface area (Å²) in [7, 11) is -2.64. The maximum atomic E-state index is 14.3. The van der Waals surface area contributed by atoms with Gasteiger partial charge in [0.2, 0.25) is 11.8 Å². The first-order chi connectivity index (χ1) is 20.1. The molecule has 1 N–H and O–H groups in total. The van der Waals surface area contributed by atoms with Crippen LogP contribution in [0.1, 0.15) is 22.3 Å². The number of benzene rings is 4. The molecule has 4 aromatic rings. The number of carbonyl (C=O) groups is 2. The zero-order valence-electron chi connectivity index (χ0n) is 23.8. The summed E-state index contributed by atoms with van der Waals surface area (Å²) in [5, 5.41) is 3.14. The summed E-state index contributed by atoms with van der Waals surface area (Å²) in [6.45, 7) is 3.30. The molecule has 0 radical (unpaired) electrons. The number of aryl methyl sites for hydroxylation is 2. The van der Waals surface area contributed by atoms with E-state index in [1.807, 2.05) is 61.5 Å². The van der Waals surface area contributed by atoms with Crippen LogP contribution in [0.4, 0.5) is 5.69 Å². The first kappa shape index (κ1) is 30.8. The van der Waals surface area contributed by atoms with Crippen LogP contribution in [-0.2, 0) is 32.6 Å². The van der Waals surface area contributed by atoms with Crippen LogP contribution in [0.3, 0.4) is 0 Å². The molecule has 4 aromatic carbocycles. The third-order valence-electron chi connectivity index (χ3n) is 7.03. The van der Waals surface area contributed by atoms with Crippen LogP contribution < -0.4 is 9.62 Å². The van der Waals surface area contributed by atoms with Crippen molar-refractivity contribution in [3.8, 4) is 0 Å². The molecule has 7 nitrogen and oxygen atoms in total. The number of hydrogen-bond acceptors (Lipinski definition) is 4. The first-order valence-corrected chi connectivity index (χ1v) is 15.4. The normalized spacial score (nSPS) is 11.9. The topological polar surface area (TPSA) is 86.8 Å². The van der Waals surface area contributed by atoms with Crippen molar-refractivity contribution < 1.29 is 18.0 Å². The summed E-state index contributed by atoms with van der Waals surface area (Å²) in [6, 6.07) is 29.0. The molecule has 0 spiro atoms. The molecule has 218 valence electrons. The average molecular weight is 604 g/mol. The molecule has 42 heavy (non-hydrogen) atoms. The zero-order chi connectivity index (χ0) is 30.3. The van der Waals surface area contributed by atoms with Crippen molar-refractivity contribution in [1.82, 2.24) is 10.2 Å². The maximum Gasteiger partial charge on any atom is 0.264 e. The Morgan fingerprint density at radius 2 is 1.45 bits per heavy atom. The molecular weight excluding hydrogens is 570 g/mol. The Morgan fingerprint density at radius 3 is 2.05 bits per heavy atom. The molecule has 0 aliphatic heterocycles. The van der Waals surface area contributed by atoms with Crippen molar-refractivity contribution in [1.29, 1.82) is 0 Å². The second-order valence-corrected chi connectivity index (χ2v) is 12.4. The molecule has 0 unspecified atom stereocenters. The summed E-state index contributed by atoms with van der Waals surface area (Å²) in [5.41, 5.74) is 3.66. The molecule has 0 bridgehead atoms. The molecule has 0 saturated carbocycles. The molecule has 0 aromatic heterocycles. The first-order valence-electron chi connectivity index (χ1n) is 13.5. The fourth-order valence-corrected chi connectivity index (χ4v) is 6.47. The summed E-state index contributed by atoms with van der Waals surface area (Å²) in [5.74, 6) is -0.867. The second-order valence-electron chi connectivity index (χ2n) is 10.1. The molecular formula is C33H34ClN3O4S. The molecule has 0 aliphatic rings. The van der Waals surface area contributed by atoms with Crippen LogP contribution in [0.5, 0.6) is 0 Å². The smallest absolute Gasteiger partial charge is 0.264 e. The van der Waals surface area contributed by atoms with E-state index in [1.165, 1.54) is 24.1 Å². The SMILES string of the molecule is CNC(=O)[C@@H](Cc1ccccc1)N(Cc1ccc(C)cc1)C(=O)CN(c1ccc(Cl)cc1C)S(=O)(=O)c1ccccc1. The van der Waals surface area contributed by atoms with Gasteiger partial charge in [-0.15, -0.1) is 0 Å². The number of likely N-dealkylation sites (N-methyl/N-ethyl adjacent to an activating group) is 1. The second kappa shape index (κ2) is 13.7. The van der Waals surface area contributed by atoms with Gasteiger partial charge in [0.05, 0.1) is 10.6 Å². The predicted molar refractivity (Wildman–Crippen MR) is 167 cm³/mol. The molecule has 0 fully saturated rings. The Bertz CT molecular complexity index is 1630. The van der Waals surface area contributed by atoms with Crippen LogP contribution in [0.15, 0.2) is 108 Å². The van der Waals surface area contributed by atoms with E-state index in [0.717, 1.165) is 21.0 Å². The van der Waals surface area contributed by atoms with E-state index < -0.39 is 28.5 Å². The lowest BCUT2D eigenvalue weighted by atomic mass is 10.0. The minimum Gasteiger partial charge on any atom is -0.357 e. The molecule has 1 atom stereocenters. The molecule has 0 aliphatic carbocycles. The van der Waals surface area contributed by atoms with Crippen molar-refractivity contribution in [3.63, 3.8) is 0 Å². The molecule has 4 rings (SSSR count). The predicted octanol–water partition coefficient (Wildman–Crippen LogP) is 5.54. The number of carbonyl (C=O) groups excluding carboxylic acids is 2. The standard InChI is InChI=1S/C33H34ClN3O4S/c1-24-14-16-27(17-15-24)22-36(31(33(39)35-3)21-26-10-6-4-7-11-26)32(38)23-37(30-19-18-28(34)20-25(30)2)42(40,41)29-12-8-5-9-13-29/h4-20,31H,21-23H2,1-3H3,(H,35,39)/t31-/m1/s1. The maximum absolute atomic E-state index is 14.3. The third-order valence-corrected chi connectivity index (χ3v) is 9.04. The van der Waals surface area contributed by atoms with Crippen molar-refractivity contribution >= 4 is 39.1 Å². The number of halogens is 1. The minimum absolute atomic E-state index is 0.0457. The van der Waals surface area contributed by atoms with Gasteiger partial charge in [0.1, 0.15) is 12.6 Å². The van der Waals surface area contributed by atoms with Crippen LogP contribution in [0.2, 0.25) is 5.02 Å². The number of anilines is 1. The van der Waals surface area contributed by atoms with Gasteiger partial charge >= 0.3 is 0 Å². The van der Waals surface area contributed by atoms with Gasteiger partial charge in [0.25, 0.3) is 10.0 Å². The van der Waals surface area contributed by atoms with Crippen molar-refractivity contribution in [2.24, 2.45) is 0 Å². The molecule has 0 saturated heterocycles. The highest BCUT2D eigenvalue weighted by atomic mass is 35.5. The highest BCUT2D eigenvalue weighted by Crippen LogP contribution is 2.29. The fourth-order valence-electron chi connectivity index (χ4n) is 4.74. The van der Waals surface area contributed by atoms with Gasteiger partial charge in [-0.2, -0.15) is 0 Å². The lowest BCUT2D eigenvalue weighted by Gasteiger charge is -2.34. The van der Waals surface area contributed by atoms with E-state index in [2.05, 4.69) is 5.32 Å². The van der Waals surface area contributed by atoms with Crippen LogP contribution in [-0.4, -0.2) is 44.8 Å². The Hall–Kier alpha value is -4.14. The van der Waals surface area contributed by atoms with Crippen LogP contribution >= 0.6 is 11.6 Å². The Kier molecular flexibility index (Phi) is 10.0. The van der Waals surface area contributed by atoms with E-state index in [0.29, 0.717) is 16.3 Å². The fraction of sp³-hybridized carbons (Fsp3) is 0.212. The minimum atomic E-state index is -4.16. The molecule has 2 amide bonds. The lowest BCUT2D eigenvalue weighted by molar-refractivity contribution is -0.139. The summed E-state index contributed by atoms with van der Waals surface area (Å²) in [4.78, 5) is 29.2. The summed E-state index contributed by atoms with van der Waals surface area (Å²) >= 11 is 6.19. The van der Waals surface area contributed by atoms with Crippen molar-refractivity contribution in [2.45, 2.75) is 37.8 Å². The van der Waals surface area contributed by atoms with Crippen molar-refractivity contribution in [3.05, 3.63) is 130 Å². The van der Waals surface area contributed by atoms with Gasteiger partial charge in [-0.05, 0) is 60.9 Å². The van der Waals surface area contributed by atoms with Gasteiger partial charge in [-0.3, -0.25) is 13.9 Å². The highest BCUT2D eigenvalue weighted by Gasteiger charge is 2.34. The average Bonchev–Trinajstić information content (AvgIpc) is 2.99. The van der Waals surface area contributed by atoms with Gasteiger partial charge in [-0.1, -0.05) is 90.0 Å². The Morgan fingerprint density at radius 1 is 0.833 bits per heavy atom. The molecule has 0 heterocycles. The number of sulfonamides is 1. The van der Waals surface area contributed by atoms with E-state index >= 15 is 0 Å². The quantitative estimate of drug-likeness (QED) is 0.244. The monoisotopic (exact) mass is 603 g/mol. The Labute approximate surface area is 252 Å². The van der Waals surface area contributed by atoms with E-state index in [1.54, 1.807) is 43.3 Å². The number of rotatable bonds is 11. The van der Waals surface area contributed by atoms with Gasteiger partial charge in [0, 0.05) is 25.0 Å². The van der Waals surface area contributed by atoms with Crippen LogP contribution in [0, 0.1) is 13.8 Å². The lowest BCUT2D eigenvalue weighted by Crippen LogP contribution is -2.53. The van der Waals surface area contributed by atoms with E-state index in [9.17, 15) is 18.0 Å². The van der Waals surface area contributed by atoms with Gasteiger partial charge < -0.3 is 10.2 Å². The van der Waals surface area contributed by atoms with Gasteiger partial charge in [-0.25, -0.2) is 8.42 Å². The summed E-state index contributed by atoms with van der Waals surface area (Å²) in [6.07, 6.45) is 0.253. The highest BCUT2D eigenvalue weighted by molar-refractivity contribution is 7.92. The van der Waals surface area contributed by atoms with Gasteiger partial charge in [0.15, 0.2) is 0 Å².